The van der Waals surface area contributed by atoms with Crippen LogP contribution in [-0.2, 0) is 4.74 Å². The fourth-order valence-electron chi connectivity index (χ4n) is 3.23. The number of rotatable bonds is 8. The Kier molecular flexibility index (Phi) is 8.97. The third-order valence-electron chi connectivity index (χ3n) is 4.79. The van der Waals surface area contributed by atoms with Gasteiger partial charge in [-0.1, -0.05) is 32.0 Å². The minimum Gasteiger partial charge on any atom is -0.386 e. The van der Waals surface area contributed by atoms with Crippen LogP contribution in [0.25, 0.3) is 0 Å². The number of halogens is 1. The average molecular weight is 381 g/mol. The smallest absolute Gasteiger partial charge is 0.191 e. The van der Waals surface area contributed by atoms with Gasteiger partial charge in [0.2, 0.25) is 0 Å². The quantitative estimate of drug-likeness (QED) is 0.474. The van der Waals surface area contributed by atoms with Crippen LogP contribution in [0.1, 0.15) is 32.4 Å². The number of hydrogen-bond donors (Lipinski definition) is 3. The molecule has 7 heteroatoms. The summed E-state index contributed by atoms with van der Waals surface area (Å²) in [6.07, 6.45) is -0.935. The molecule has 1 aromatic carbocycles. The molecule has 1 saturated heterocycles. The highest BCUT2D eigenvalue weighted by Gasteiger charge is 2.23. The van der Waals surface area contributed by atoms with Gasteiger partial charge in [0.1, 0.15) is 5.82 Å². The van der Waals surface area contributed by atoms with Crippen molar-refractivity contribution in [2.75, 3.05) is 45.9 Å². The molecule has 3 N–H and O–H groups in total. The summed E-state index contributed by atoms with van der Waals surface area (Å²) in [5.74, 6) is 0.700. The topological polar surface area (TPSA) is 69.1 Å². The summed E-state index contributed by atoms with van der Waals surface area (Å²) < 4.78 is 19.3. The van der Waals surface area contributed by atoms with E-state index >= 15 is 0 Å². The lowest BCUT2D eigenvalue weighted by Crippen LogP contribution is -2.48. The van der Waals surface area contributed by atoms with Gasteiger partial charge in [-0.25, -0.2) is 4.39 Å². The fraction of sp³-hybridized carbons (Fsp3) is 0.650. The Bertz CT molecular complexity index is 591. The van der Waals surface area contributed by atoms with Gasteiger partial charge in [-0.15, -0.1) is 0 Å². The molecule has 2 rings (SSSR count). The lowest BCUT2D eigenvalue weighted by Gasteiger charge is -2.36. The Morgan fingerprint density at radius 2 is 1.96 bits per heavy atom. The molecule has 27 heavy (non-hydrogen) atoms. The highest BCUT2D eigenvalue weighted by atomic mass is 19.1. The van der Waals surface area contributed by atoms with Crippen LogP contribution in [0.3, 0.4) is 0 Å². The first kappa shape index (κ1) is 21.6. The van der Waals surface area contributed by atoms with Crippen molar-refractivity contribution in [2.45, 2.75) is 32.9 Å². The third kappa shape index (κ3) is 6.75. The highest BCUT2D eigenvalue weighted by molar-refractivity contribution is 5.79. The second-order valence-electron chi connectivity index (χ2n) is 7.10. The molecule has 1 aromatic rings. The van der Waals surface area contributed by atoms with E-state index in [0.29, 0.717) is 31.0 Å². The van der Waals surface area contributed by atoms with E-state index in [4.69, 9.17) is 9.73 Å². The van der Waals surface area contributed by atoms with Gasteiger partial charge in [0, 0.05) is 37.8 Å². The summed E-state index contributed by atoms with van der Waals surface area (Å²) in [5, 5.41) is 16.6. The van der Waals surface area contributed by atoms with Crippen molar-refractivity contribution in [1.82, 2.24) is 15.5 Å². The second-order valence-corrected chi connectivity index (χ2v) is 7.10. The number of nitrogens with one attached hydrogen (secondary N) is 2. The van der Waals surface area contributed by atoms with Crippen molar-refractivity contribution >= 4 is 5.96 Å². The van der Waals surface area contributed by atoms with Gasteiger partial charge >= 0.3 is 0 Å². The largest absolute Gasteiger partial charge is 0.386 e. The van der Waals surface area contributed by atoms with Gasteiger partial charge in [0.25, 0.3) is 0 Å². The lowest BCUT2D eigenvalue weighted by atomic mass is 10.0. The van der Waals surface area contributed by atoms with Gasteiger partial charge in [0.15, 0.2) is 5.96 Å². The third-order valence-corrected chi connectivity index (χ3v) is 4.79. The van der Waals surface area contributed by atoms with Crippen LogP contribution in [0.5, 0.6) is 0 Å². The van der Waals surface area contributed by atoms with Crippen LogP contribution in [0.15, 0.2) is 29.3 Å². The van der Waals surface area contributed by atoms with Crippen molar-refractivity contribution in [3.8, 4) is 0 Å². The number of hydrogen-bond acceptors (Lipinski definition) is 4. The Morgan fingerprint density at radius 1 is 1.26 bits per heavy atom. The van der Waals surface area contributed by atoms with Crippen molar-refractivity contribution < 1.29 is 14.2 Å². The van der Waals surface area contributed by atoms with Gasteiger partial charge in [0.05, 0.1) is 25.9 Å². The van der Waals surface area contributed by atoms with Gasteiger partial charge in [-0.05, 0) is 18.9 Å². The monoisotopic (exact) mass is 380 g/mol. The van der Waals surface area contributed by atoms with Crippen molar-refractivity contribution in [2.24, 2.45) is 10.9 Å². The van der Waals surface area contributed by atoms with Crippen LogP contribution in [0.2, 0.25) is 0 Å². The summed E-state index contributed by atoms with van der Waals surface area (Å²) >= 11 is 0. The van der Waals surface area contributed by atoms with E-state index in [9.17, 15) is 9.50 Å². The Balaban J connectivity index is 1.96. The molecule has 152 valence electrons. The van der Waals surface area contributed by atoms with E-state index in [1.165, 1.54) is 6.07 Å². The first-order valence-electron chi connectivity index (χ1n) is 9.79. The Morgan fingerprint density at radius 3 is 2.59 bits per heavy atom. The minimum atomic E-state index is -0.935. The van der Waals surface area contributed by atoms with Crippen LogP contribution < -0.4 is 10.6 Å². The molecule has 1 aliphatic rings. The zero-order valence-electron chi connectivity index (χ0n) is 16.6. The van der Waals surface area contributed by atoms with E-state index in [0.717, 1.165) is 26.3 Å². The van der Waals surface area contributed by atoms with Crippen molar-refractivity contribution in [3.63, 3.8) is 0 Å². The fourth-order valence-corrected chi connectivity index (χ4v) is 3.23. The standard InChI is InChI=1S/C20H33FN4O2/c1-4-22-20(24-14-19(26)16-7-5-6-8-17(16)21)23-13-18(15(2)3)25-9-11-27-12-10-25/h5-8,15,18-19,26H,4,9-14H2,1-3H3,(H2,22,23,24). The molecule has 1 aliphatic heterocycles. The number of morpholine rings is 1. The van der Waals surface area contributed by atoms with Crippen molar-refractivity contribution in [1.29, 1.82) is 0 Å². The zero-order chi connectivity index (χ0) is 19.6. The van der Waals surface area contributed by atoms with Crippen LogP contribution in [0, 0.1) is 11.7 Å². The first-order chi connectivity index (χ1) is 13.0. The molecule has 0 saturated carbocycles. The molecule has 1 heterocycles. The molecule has 0 spiro atoms. The Hall–Kier alpha value is -1.70. The summed E-state index contributed by atoms with van der Waals surface area (Å²) in [5.41, 5.74) is 0.286. The van der Waals surface area contributed by atoms with E-state index in [1.54, 1.807) is 18.2 Å². The van der Waals surface area contributed by atoms with E-state index in [2.05, 4.69) is 29.4 Å². The van der Waals surface area contributed by atoms with Gasteiger partial charge in [-0.3, -0.25) is 9.89 Å². The van der Waals surface area contributed by atoms with Gasteiger partial charge in [-0.2, -0.15) is 0 Å². The first-order valence-corrected chi connectivity index (χ1v) is 9.79. The van der Waals surface area contributed by atoms with Crippen LogP contribution in [-0.4, -0.2) is 67.9 Å². The number of aliphatic hydroxyl groups excluding tert-OH is 1. The Labute approximate surface area is 161 Å². The van der Waals surface area contributed by atoms with E-state index < -0.39 is 11.9 Å². The average Bonchev–Trinajstić information content (AvgIpc) is 2.67. The summed E-state index contributed by atoms with van der Waals surface area (Å²) in [6.45, 7) is 11.3. The number of aliphatic hydroxyl groups is 1. The summed E-state index contributed by atoms with van der Waals surface area (Å²) in [7, 11) is 0. The molecular formula is C20H33FN4O2. The van der Waals surface area contributed by atoms with Crippen LogP contribution in [0.4, 0.5) is 4.39 Å². The number of ether oxygens (including phenoxy) is 1. The zero-order valence-corrected chi connectivity index (χ0v) is 16.6. The predicted molar refractivity (Wildman–Crippen MR) is 106 cm³/mol. The molecule has 0 amide bonds. The molecule has 0 aromatic heterocycles. The minimum absolute atomic E-state index is 0.191. The molecule has 0 bridgehead atoms. The molecular weight excluding hydrogens is 347 g/mol. The van der Waals surface area contributed by atoms with E-state index in [-0.39, 0.29) is 12.1 Å². The van der Waals surface area contributed by atoms with Gasteiger partial charge < -0.3 is 20.5 Å². The number of guanidine groups is 1. The maximum atomic E-state index is 13.8. The molecule has 2 atom stereocenters. The molecule has 6 nitrogen and oxygen atoms in total. The van der Waals surface area contributed by atoms with E-state index in [1.807, 2.05) is 6.92 Å². The maximum Gasteiger partial charge on any atom is 0.191 e. The lowest BCUT2D eigenvalue weighted by molar-refractivity contribution is 0.00867. The number of nitrogens with zero attached hydrogens (tertiary/aromatic N) is 2. The number of benzene rings is 1. The van der Waals surface area contributed by atoms with Crippen LogP contribution >= 0.6 is 0 Å². The van der Waals surface area contributed by atoms with Crippen molar-refractivity contribution in [3.05, 3.63) is 35.6 Å². The second kappa shape index (κ2) is 11.2. The highest BCUT2D eigenvalue weighted by Crippen LogP contribution is 2.16. The normalized spacial score (nSPS) is 18.4. The SMILES string of the molecule is CCNC(=NCC(C(C)C)N1CCOCC1)NCC(O)c1ccccc1F. The summed E-state index contributed by atoms with van der Waals surface area (Å²) in [4.78, 5) is 7.13. The maximum absolute atomic E-state index is 13.8. The molecule has 0 aliphatic carbocycles. The molecule has 2 unspecified atom stereocenters. The molecule has 0 radical (unpaired) electrons. The summed E-state index contributed by atoms with van der Waals surface area (Å²) in [6, 6.07) is 6.62. The predicted octanol–water partition coefficient (Wildman–Crippen LogP) is 1.77. The molecule has 1 fully saturated rings. The number of aliphatic imine (C=N–C) groups is 1.